The van der Waals surface area contributed by atoms with E-state index >= 15 is 0 Å². The van der Waals surface area contributed by atoms with Crippen molar-refractivity contribution >= 4 is 22.6 Å². The van der Waals surface area contributed by atoms with Gasteiger partial charge in [-0.2, -0.15) is 4.72 Å². The van der Waals surface area contributed by atoms with Gasteiger partial charge in [0.25, 0.3) is 0 Å². The third-order valence-electron chi connectivity index (χ3n) is 2.63. The number of hydrogen-bond acceptors (Lipinski definition) is 7. The second kappa shape index (κ2) is 5.35. The molecule has 19 heavy (non-hydrogen) atoms. The van der Waals surface area contributed by atoms with Gasteiger partial charge in [0.2, 0.25) is 0 Å². The fourth-order valence-corrected chi connectivity index (χ4v) is 3.20. The van der Waals surface area contributed by atoms with Crippen LogP contribution in [0.15, 0.2) is 24.3 Å². The van der Waals surface area contributed by atoms with Crippen molar-refractivity contribution in [2.24, 2.45) is 0 Å². The first-order chi connectivity index (χ1) is 8.90. The molecule has 1 heterocycles. The molecule has 106 valence electrons. The quantitative estimate of drug-likeness (QED) is 0.617. The molecule has 1 aliphatic heterocycles. The second-order valence-electron chi connectivity index (χ2n) is 4.12. The van der Waals surface area contributed by atoms with E-state index in [0.29, 0.717) is 11.3 Å². The van der Waals surface area contributed by atoms with Crippen LogP contribution < -0.4 is 9.03 Å². The predicted molar refractivity (Wildman–Crippen MR) is 71.2 cm³/mol. The standard InChI is InChI=1S/C11H16N2O5S/c1-8(14)18-7-9-4-2-3-5-10(9)13-6-11(15)12-19(13,16)17/h2-5,11-12,15-17H,6-7H2,1H3. The molecule has 0 spiro atoms. The van der Waals surface area contributed by atoms with Gasteiger partial charge in [0, 0.05) is 12.5 Å². The number of ether oxygens (including phenoxy) is 1. The topological polar surface area (TPSA) is 102 Å². The van der Waals surface area contributed by atoms with E-state index in [0.717, 1.165) is 0 Å². The minimum absolute atomic E-state index is 0.0353. The maximum Gasteiger partial charge on any atom is 0.302 e. The summed E-state index contributed by atoms with van der Waals surface area (Å²) < 4.78 is 28.2. The van der Waals surface area contributed by atoms with Gasteiger partial charge < -0.3 is 9.84 Å². The number of carbonyl (C=O) groups is 1. The predicted octanol–water partition coefficient (Wildman–Crippen LogP) is 1.06. The summed E-state index contributed by atoms with van der Waals surface area (Å²) in [6.45, 7) is 1.38. The largest absolute Gasteiger partial charge is 0.461 e. The number of benzene rings is 1. The summed E-state index contributed by atoms with van der Waals surface area (Å²) >= 11 is 0. The Balaban J connectivity index is 2.26. The molecule has 8 heteroatoms. The lowest BCUT2D eigenvalue weighted by molar-refractivity contribution is -0.142. The fraction of sp³-hybridized carbons (Fsp3) is 0.364. The minimum atomic E-state index is -3.26. The summed E-state index contributed by atoms with van der Waals surface area (Å²) in [6, 6.07) is 6.88. The average molecular weight is 288 g/mol. The highest BCUT2D eigenvalue weighted by atomic mass is 32.3. The third kappa shape index (κ3) is 3.17. The molecule has 0 aromatic heterocycles. The molecule has 1 saturated heterocycles. The Bertz CT molecular complexity index is 482. The van der Waals surface area contributed by atoms with Gasteiger partial charge in [0.1, 0.15) is 12.8 Å². The Morgan fingerprint density at radius 1 is 1.53 bits per heavy atom. The van der Waals surface area contributed by atoms with E-state index in [1.54, 1.807) is 24.3 Å². The van der Waals surface area contributed by atoms with Crippen LogP contribution in [0.3, 0.4) is 0 Å². The third-order valence-corrected chi connectivity index (χ3v) is 4.18. The van der Waals surface area contributed by atoms with Crippen LogP contribution in [0.1, 0.15) is 12.5 Å². The van der Waals surface area contributed by atoms with Crippen LogP contribution in [-0.2, 0) is 16.1 Å². The summed E-state index contributed by atoms with van der Waals surface area (Å²) in [4.78, 5) is 10.8. The van der Waals surface area contributed by atoms with Crippen LogP contribution in [0, 0.1) is 0 Å². The molecule has 7 nitrogen and oxygen atoms in total. The van der Waals surface area contributed by atoms with Gasteiger partial charge in [-0.25, -0.2) is 0 Å². The van der Waals surface area contributed by atoms with E-state index in [1.807, 2.05) is 0 Å². The molecular weight excluding hydrogens is 272 g/mol. The molecule has 1 fully saturated rings. The maximum absolute atomic E-state index is 10.8. The zero-order valence-corrected chi connectivity index (χ0v) is 11.1. The Hall–Kier alpha value is -1.32. The zero-order chi connectivity index (χ0) is 14.0. The van der Waals surface area contributed by atoms with Crippen molar-refractivity contribution in [3.63, 3.8) is 0 Å². The van der Waals surface area contributed by atoms with Crippen molar-refractivity contribution in [3.8, 4) is 0 Å². The molecule has 0 radical (unpaired) electrons. The summed E-state index contributed by atoms with van der Waals surface area (Å²) in [5.74, 6) is -0.416. The van der Waals surface area contributed by atoms with Gasteiger partial charge in [-0.1, -0.05) is 29.2 Å². The van der Waals surface area contributed by atoms with Gasteiger partial charge >= 0.3 is 5.97 Å². The number of nitrogens with one attached hydrogen (secondary N) is 1. The van der Waals surface area contributed by atoms with Crippen LogP contribution in [0.5, 0.6) is 0 Å². The summed E-state index contributed by atoms with van der Waals surface area (Å²) in [7, 11) is -3.26. The number of aliphatic hydroxyl groups excluding tert-OH is 1. The van der Waals surface area contributed by atoms with Crippen LogP contribution in [0.25, 0.3) is 0 Å². The van der Waals surface area contributed by atoms with Crippen LogP contribution >= 0.6 is 11.0 Å². The normalized spacial score (nSPS) is 23.2. The zero-order valence-electron chi connectivity index (χ0n) is 10.3. The number of esters is 1. The molecule has 0 bridgehead atoms. The molecule has 1 unspecified atom stereocenters. The van der Waals surface area contributed by atoms with Gasteiger partial charge in [-0.3, -0.25) is 18.2 Å². The first-order valence-corrected chi connectivity index (χ1v) is 7.13. The molecule has 2 rings (SSSR count). The van der Waals surface area contributed by atoms with Crippen LogP contribution in [0.4, 0.5) is 5.69 Å². The lowest BCUT2D eigenvalue weighted by atomic mass is 10.2. The Morgan fingerprint density at radius 2 is 2.21 bits per heavy atom. The molecule has 1 aromatic carbocycles. The van der Waals surface area contributed by atoms with Crippen molar-refractivity contribution in [2.45, 2.75) is 19.8 Å². The minimum Gasteiger partial charge on any atom is -0.461 e. The number of para-hydroxylation sites is 1. The van der Waals surface area contributed by atoms with Crippen molar-refractivity contribution in [1.82, 2.24) is 4.72 Å². The maximum atomic E-state index is 10.8. The fourth-order valence-electron chi connectivity index (χ4n) is 1.84. The van der Waals surface area contributed by atoms with Crippen molar-refractivity contribution in [3.05, 3.63) is 29.8 Å². The van der Waals surface area contributed by atoms with Gasteiger partial charge in [0.05, 0.1) is 12.2 Å². The lowest BCUT2D eigenvalue weighted by Gasteiger charge is -2.37. The number of β-amino-alcohol motifs (C(OH)–C–C–N with tert-alkyl or cyclic N) is 1. The highest BCUT2D eigenvalue weighted by Crippen LogP contribution is 2.47. The first kappa shape index (κ1) is 14.1. The summed E-state index contributed by atoms with van der Waals surface area (Å²) in [5.41, 5.74) is 1.14. The number of rotatable bonds is 3. The summed E-state index contributed by atoms with van der Waals surface area (Å²) in [5, 5.41) is 9.47. The number of carbonyl (C=O) groups excluding carboxylic acids is 1. The van der Waals surface area contributed by atoms with E-state index in [-0.39, 0.29) is 13.2 Å². The highest BCUT2D eigenvalue weighted by Gasteiger charge is 2.35. The molecule has 1 aromatic rings. The highest BCUT2D eigenvalue weighted by molar-refractivity contribution is 8.24. The van der Waals surface area contributed by atoms with Gasteiger partial charge in [-0.05, 0) is 6.07 Å². The molecule has 0 amide bonds. The Morgan fingerprint density at radius 3 is 2.79 bits per heavy atom. The Kier molecular flexibility index (Phi) is 3.97. The van der Waals surface area contributed by atoms with Crippen molar-refractivity contribution < 1.29 is 23.7 Å². The average Bonchev–Trinajstić information content (AvgIpc) is 2.60. The molecule has 0 aliphatic carbocycles. The van der Waals surface area contributed by atoms with Crippen LogP contribution in [0.2, 0.25) is 0 Å². The van der Waals surface area contributed by atoms with Gasteiger partial charge in [0.15, 0.2) is 0 Å². The first-order valence-electron chi connectivity index (χ1n) is 5.62. The van der Waals surface area contributed by atoms with E-state index in [1.165, 1.54) is 11.2 Å². The van der Waals surface area contributed by atoms with Crippen LogP contribution in [-0.4, -0.2) is 33.0 Å². The number of aliphatic hydroxyl groups is 1. The van der Waals surface area contributed by atoms with E-state index < -0.39 is 23.2 Å². The van der Waals surface area contributed by atoms with Crippen molar-refractivity contribution in [1.29, 1.82) is 0 Å². The molecule has 0 saturated carbocycles. The van der Waals surface area contributed by atoms with Gasteiger partial charge in [-0.15, -0.1) is 0 Å². The molecular formula is C11H16N2O5S. The molecule has 1 atom stereocenters. The number of nitrogens with zero attached hydrogens (tertiary/aromatic N) is 1. The number of hydrogen-bond donors (Lipinski definition) is 4. The van der Waals surface area contributed by atoms with E-state index in [9.17, 15) is 19.0 Å². The summed E-state index contributed by atoms with van der Waals surface area (Å²) in [6.07, 6.45) is -1.02. The van der Waals surface area contributed by atoms with E-state index in [2.05, 4.69) is 4.72 Å². The van der Waals surface area contributed by atoms with E-state index in [4.69, 9.17) is 4.74 Å². The lowest BCUT2D eigenvalue weighted by Crippen LogP contribution is -2.26. The molecule has 4 N–H and O–H groups in total. The van der Waals surface area contributed by atoms with Crippen molar-refractivity contribution in [2.75, 3.05) is 10.8 Å². The molecule has 1 aliphatic rings. The monoisotopic (exact) mass is 288 g/mol. The number of anilines is 1. The smallest absolute Gasteiger partial charge is 0.302 e. The SMILES string of the molecule is CC(=O)OCc1ccccc1N1CC(O)NS1(O)O. The Labute approximate surface area is 112 Å². The second-order valence-corrected chi connectivity index (χ2v) is 5.84.